The molecule has 1 aromatic carbocycles. The standard InChI is InChI=1S/C18H24N2O3/c1-10(2)11-6-13-12(7-15(11)23-3)17(22)20-9-18(4-5-18)8-14(20)16(21)19-13/h6-7,10,14,16,19,21H,4-5,8-9H2,1-3H3/t14-,16+/m0/s1. The molecule has 2 heterocycles. The maximum atomic E-state index is 13.0. The molecular weight excluding hydrogens is 292 g/mol. The summed E-state index contributed by atoms with van der Waals surface area (Å²) in [6.07, 6.45) is 2.52. The van der Waals surface area contributed by atoms with Crippen LogP contribution in [0.25, 0.3) is 0 Å². The molecule has 1 spiro atoms. The van der Waals surface area contributed by atoms with Gasteiger partial charge in [0.25, 0.3) is 5.91 Å². The average Bonchev–Trinajstić information content (AvgIpc) is 3.17. The van der Waals surface area contributed by atoms with Crippen molar-refractivity contribution in [3.63, 3.8) is 0 Å². The molecule has 5 nitrogen and oxygen atoms in total. The topological polar surface area (TPSA) is 61.8 Å². The summed E-state index contributed by atoms with van der Waals surface area (Å²) >= 11 is 0. The summed E-state index contributed by atoms with van der Waals surface area (Å²) in [7, 11) is 1.63. The van der Waals surface area contributed by atoms with E-state index in [4.69, 9.17) is 4.74 Å². The van der Waals surface area contributed by atoms with Crippen LogP contribution in [0, 0.1) is 5.41 Å². The van der Waals surface area contributed by atoms with Crippen molar-refractivity contribution in [1.82, 2.24) is 4.90 Å². The highest BCUT2D eigenvalue weighted by atomic mass is 16.5. The molecule has 1 aromatic rings. The fraction of sp³-hybridized carbons (Fsp3) is 0.611. The van der Waals surface area contributed by atoms with E-state index in [1.165, 1.54) is 12.8 Å². The lowest BCUT2D eigenvalue weighted by atomic mass is 9.98. The number of ether oxygens (including phenoxy) is 1. The second-order valence-corrected chi connectivity index (χ2v) is 7.59. The van der Waals surface area contributed by atoms with E-state index in [1.54, 1.807) is 7.11 Å². The molecule has 2 N–H and O–H groups in total. The monoisotopic (exact) mass is 316 g/mol. The average molecular weight is 316 g/mol. The van der Waals surface area contributed by atoms with Crippen LogP contribution in [0.2, 0.25) is 0 Å². The summed E-state index contributed by atoms with van der Waals surface area (Å²) in [5.74, 6) is 1.02. The first kappa shape index (κ1) is 14.8. The molecule has 0 unspecified atom stereocenters. The number of fused-ring (bicyclic) bond motifs is 2. The zero-order valence-corrected chi connectivity index (χ0v) is 13.9. The van der Waals surface area contributed by atoms with Gasteiger partial charge >= 0.3 is 0 Å². The molecule has 5 heteroatoms. The summed E-state index contributed by atoms with van der Waals surface area (Å²) < 4.78 is 5.49. The molecule has 0 radical (unpaired) electrons. The zero-order valence-electron chi connectivity index (χ0n) is 13.9. The van der Waals surface area contributed by atoms with Gasteiger partial charge in [-0.25, -0.2) is 0 Å². The van der Waals surface area contributed by atoms with Crippen LogP contribution in [-0.4, -0.2) is 41.8 Å². The van der Waals surface area contributed by atoms with Crippen LogP contribution in [0.5, 0.6) is 5.75 Å². The summed E-state index contributed by atoms with van der Waals surface area (Å²) in [5, 5.41) is 13.8. The van der Waals surface area contributed by atoms with Gasteiger partial charge in [0.1, 0.15) is 12.0 Å². The van der Waals surface area contributed by atoms with E-state index in [0.29, 0.717) is 11.3 Å². The fourth-order valence-electron chi connectivity index (χ4n) is 4.07. The Kier molecular flexibility index (Phi) is 3.14. The third-order valence-electron chi connectivity index (χ3n) is 5.66. The minimum Gasteiger partial charge on any atom is -0.496 e. The van der Waals surface area contributed by atoms with Crippen molar-refractivity contribution in [2.24, 2.45) is 5.41 Å². The van der Waals surface area contributed by atoms with Crippen molar-refractivity contribution in [1.29, 1.82) is 0 Å². The Hall–Kier alpha value is -1.75. The van der Waals surface area contributed by atoms with Crippen LogP contribution in [0.3, 0.4) is 0 Å². The highest BCUT2D eigenvalue weighted by Gasteiger charge is 2.56. The number of nitrogens with one attached hydrogen (secondary N) is 1. The number of rotatable bonds is 2. The zero-order chi connectivity index (χ0) is 16.4. The van der Waals surface area contributed by atoms with Gasteiger partial charge in [0.05, 0.1) is 18.7 Å². The first-order chi connectivity index (χ1) is 10.9. The maximum Gasteiger partial charge on any atom is 0.256 e. The van der Waals surface area contributed by atoms with Crippen molar-refractivity contribution in [3.8, 4) is 5.75 Å². The van der Waals surface area contributed by atoms with E-state index >= 15 is 0 Å². The van der Waals surface area contributed by atoms with Gasteiger partial charge in [-0.3, -0.25) is 4.79 Å². The first-order valence-corrected chi connectivity index (χ1v) is 8.42. The molecule has 1 saturated heterocycles. The van der Waals surface area contributed by atoms with Crippen LogP contribution in [0.4, 0.5) is 5.69 Å². The molecule has 4 rings (SSSR count). The molecule has 3 aliphatic rings. The highest BCUT2D eigenvalue weighted by Crippen LogP contribution is 2.56. The maximum absolute atomic E-state index is 13.0. The van der Waals surface area contributed by atoms with Gasteiger partial charge in [0, 0.05) is 12.2 Å². The van der Waals surface area contributed by atoms with Crippen LogP contribution >= 0.6 is 0 Å². The molecule has 2 fully saturated rings. The minimum absolute atomic E-state index is 0.00595. The Labute approximate surface area is 136 Å². The van der Waals surface area contributed by atoms with Gasteiger partial charge in [-0.1, -0.05) is 13.8 Å². The number of methoxy groups -OCH3 is 1. The van der Waals surface area contributed by atoms with Crippen molar-refractivity contribution < 1.29 is 14.6 Å². The Bertz CT molecular complexity index is 666. The normalized spacial score (nSPS) is 27.5. The lowest BCUT2D eigenvalue weighted by Crippen LogP contribution is -2.43. The largest absolute Gasteiger partial charge is 0.496 e. The van der Waals surface area contributed by atoms with E-state index in [1.807, 2.05) is 17.0 Å². The van der Waals surface area contributed by atoms with Crippen molar-refractivity contribution >= 4 is 11.6 Å². The summed E-state index contributed by atoms with van der Waals surface area (Å²) in [4.78, 5) is 14.9. The molecule has 0 bridgehead atoms. The number of hydrogen-bond donors (Lipinski definition) is 2. The molecule has 124 valence electrons. The van der Waals surface area contributed by atoms with E-state index in [2.05, 4.69) is 19.2 Å². The van der Waals surface area contributed by atoms with Crippen LogP contribution < -0.4 is 10.1 Å². The first-order valence-electron chi connectivity index (χ1n) is 8.42. The number of anilines is 1. The SMILES string of the molecule is COc1cc2c(cc1C(C)C)N[C@H](O)[C@@H]1CC3(CC3)CN1C2=O. The molecule has 2 atom stereocenters. The van der Waals surface area contributed by atoms with Crippen LogP contribution in [0.15, 0.2) is 12.1 Å². The smallest absolute Gasteiger partial charge is 0.256 e. The van der Waals surface area contributed by atoms with Crippen molar-refractivity contribution in [2.75, 3.05) is 19.0 Å². The number of amides is 1. The van der Waals surface area contributed by atoms with Crippen molar-refractivity contribution in [3.05, 3.63) is 23.3 Å². The van der Waals surface area contributed by atoms with Crippen LogP contribution in [0.1, 0.15) is 54.9 Å². The van der Waals surface area contributed by atoms with Crippen molar-refractivity contribution in [2.45, 2.75) is 51.3 Å². The predicted molar refractivity (Wildman–Crippen MR) is 87.8 cm³/mol. The predicted octanol–water partition coefficient (Wildman–Crippen LogP) is 2.56. The van der Waals surface area contributed by atoms with Gasteiger partial charge < -0.3 is 20.1 Å². The Morgan fingerprint density at radius 3 is 2.74 bits per heavy atom. The van der Waals surface area contributed by atoms with E-state index in [-0.39, 0.29) is 23.3 Å². The fourth-order valence-corrected chi connectivity index (χ4v) is 4.07. The minimum atomic E-state index is -0.714. The van der Waals surface area contributed by atoms with E-state index in [0.717, 1.165) is 24.3 Å². The Morgan fingerprint density at radius 1 is 1.39 bits per heavy atom. The third-order valence-corrected chi connectivity index (χ3v) is 5.66. The number of hydrogen-bond acceptors (Lipinski definition) is 4. The van der Waals surface area contributed by atoms with Crippen LogP contribution in [-0.2, 0) is 0 Å². The van der Waals surface area contributed by atoms with E-state index < -0.39 is 6.23 Å². The lowest BCUT2D eigenvalue weighted by Gasteiger charge is -2.25. The number of carbonyl (C=O) groups excluding carboxylic acids is 1. The van der Waals surface area contributed by atoms with Gasteiger partial charge in [-0.05, 0) is 48.3 Å². The quantitative estimate of drug-likeness (QED) is 0.880. The number of carbonyl (C=O) groups is 1. The number of benzene rings is 1. The molecule has 1 saturated carbocycles. The molecule has 1 aliphatic carbocycles. The number of aliphatic hydroxyl groups excluding tert-OH is 1. The molecule has 23 heavy (non-hydrogen) atoms. The Balaban J connectivity index is 1.79. The van der Waals surface area contributed by atoms with Gasteiger partial charge in [-0.2, -0.15) is 0 Å². The second kappa shape index (κ2) is 4.87. The van der Waals surface area contributed by atoms with Gasteiger partial charge in [0.2, 0.25) is 0 Å². The molecule has 2 aliphatic heterocycles. The second-order valence-electron chi connectivity index (χ2n) is 7.59. The number of aliphatic hydroxyl groups is 1. The van der Waals surface area contributed by atoms with Gasteiger partial charge in [0.15, 0.2) is 0 Å². The summed E-state index contributed by atoms with van der Waals surface area (Å²) in [6, 6.07) is 3.65. The number of nitrogens with zero attached hydrogens (tertiary/aromatic N) is 1. The summed E-state index contributed by atoms with van der Waals surface area (Å²) in [5.41, 5.74) is 2.62. The Morgan fingerprint density at radius 2 is 2.13 bits per heavy atom. The third kappa shape index (κ3) is 2.21. The summed E-state index contributed by atoms with van der Waals surface area (Å²) in [6.45, 7) is 4.95. The molecular formula is C18H24N2O3. The molecule has 1 amide bonds. The van der Waals surface area contributed by atoms with E-state index in [9.17, 15) is 9.90 Å². The highest BCUT2D eigenvalue weighted by molar-refractivity contribution is 6.01. The lowest BCUT2D eigenvalue weighted by molar-refractivity contribution is 0.0580. The molecule has 0 aromatic heterocycles. The van der Waals surface area contributed by atoms with Gasteiger partial charge in [-0.15, -0.1) is 0 Å².